The Hall–Kier alpha value is -3.19. The van der Waals surface area contributed by atoms with Gasteiger partial charge in [-0.1, -0.05) is 17.7 Å². The van der Waals surface area contributed by atoms with Crippen LogP contribution in [0.4, 0.5) is 10.1 Å². The van der Waals surface area contributed by atoms with E-state index < -0.39 is 0 Å². The molecule has 0 saturated heterocycles. The fourth-order valence-electron chi connectivity index (χ4n) is 2.65. The minimum absolute atomic E-state index is 0.251. The number of rotatable bonds is 4. The number of aromatic nitrogens is 4. The maximum atomic E-state index is 13.1. The largest absolute Gasteiger partial charge is 0.379 e. The quantitative estimate of drug-likeness (QED) is 0.562. The number of aryl methyl sites for hydroxylation is 1. The average Bonchev–Trinajstić information content (AvgIpc) is 3.08. The van der Waals surface area contributed by atoms with Gasteiger partial charge in [0.05, 0.1) is 12.2 Å². The molecule has 0 radical (unpaired) electrons. The summed E-state index contributed by atoms with van der Waals surface area (Å²) in [4.78, 5) is 21.1. The molecule has 0 aliphatic heterocycles. The van der Waals surface area contributed by atoms with Crippen LogP contribution in [0.5, 0.6) is 0 Å². The van der Waals surface area contributed by atoms with Crippen molar-refractivity contribution in [2.24, 2.45) is 0 Å². The minimum atomic E-state index is -0.338. The van der Waals surface area contributed by atoms with E-state index in [1.54, 1.807) is 12.1 Å². The van der Waals surface area contributed by atoms with Gasteiger partial charge in [0.2, 0.25) is 0 Å². The van der Waals surface area contributed by atoms with E-state index in [4.69, 9.17) is 11.6 Å². The first-order valence-electron chi connectivity index (χ1n) is 8.24. The molecule has 0 saturated carbocycles. The summed E-state index contributed by atoms with van der Waals surface area (Å²) in [5.74, 6) is 0.352. The Morgan fingerprint density at radius 1 is 1.15 bits per heavy atom. The first-order valence-corrected chi connectivity index (χ1v) is 8.62. The van der Waals surface area contributed by atoms with Gasteiger partial charge in [0.15, 0.2) is 5.82 Å². The lowest BCUT2D eigenvalue weighted by atomic mass is 10.2. The SMILES string of the molecule is Cc1ccc(NCc2cc(=O)n3[nH]c(-c4ccc(F)cc4)nc3n2)cc1Cl. The number of hydrogen-bond acceptors (Lipinski definition) is 4. The summed E-state index contributed by atoms with van der Waals surface area (Å²) < 4.78 is 14.3. The van der Waals surface area contributed by atoms with Crippen LogP contribution in [0.1, 0.15) is 11.3 Å². The molecule has 4 aromatic rings. The standard InChI is InChI=1S/C19H15ClFN5O/c1-11-2-7-14(8-16(11)20)22-10-15-9-17(27)26-19(23-15)24-18(25-26)12-3-5-13(21)6-4-12/h2-9,22H,10H2,1H3,(H,23,24,25). The van der Waals surface area contributed by atoms with Crippen LogP contribution in [0.2, 0.25) is 5.02 Å². The molecule has 2 aromatic heterocycles. The van der Waals surface area contributed by atoms with Gasteiger partial charge in [-0.15, -0.1) is 0 Å². The lowest BCUT2D eigenvalue weighted by Gasteiger charge is -2.07. The summed E-state index contributed by atoms with van der Waals surface area (Å²) in [5.41, 5.74) is 2.76. The van der Waals surface area contributed by atoms with Crippen LogP contribution in [0.25, 0.3) is 17.2 Å². The van der Waals surface area contributed by atoms with E-state index in [9.17, 15) is 9.18 Å². The highest BCUT2D eigenvalue weighted by Crippen LogP contribution is 2.20. The van der Waals surface area contributed by atoms with E-state index >= 15 is 0 Å². The predicted octanol–water partition coefficient (Wildman–Crippen LogP) is 3.80. The molecule has 2 N–H and O–H groups in total. The average molecular weight is 384 g/mol. The van der Waals surface area contributed by atoms with Gasteiger partial charge < -0.3 is 5.32 Å². The maximum absolute atomic E-state index is 13.1. The molecule has 2 aromatic carbocycles. The van der Waals surface area contributed by atoms with Crippen LogP contribution in [0, 0.1) is 12.7 Å². The molecule has 0 unspecified atom stereocenters. The third-order valence-electron chi connectivity index (χ3n) is 4.15. The van der Waals surface area contributed by atoms with Crippen molar-refractivity contribution in [1.29, 1.82) is 0 Å². The summed E-state index contributed by atoms with van der Waals surface area (Å²) >= 11 is 6.12. The van der Waals surface area contributed by atoms with Crippen LogP contribution >= 0.6 is 11.6 Å². The molecule has 0 bridgehead atoms. The highest BCUT2D eigenvalue weighted by molar-refractivity contribution is 6.31. The van der Waals surface area contributed by atoms with E-state index in [0.717, 1.165) is 11.3 Å². The fraction of sp³-hybridized carbons (Fsp3) is 0.105. The Bertz CT molecular complexity index is 1180. The van der Waals surface area contributed by atoms with Gasteiger partial charge in [0.1, 0.15) is 5.82 Å². The molecule has 27 heavy (non-hydrogen) atoms. The lowest BCUT2D eigenvalue weighted by Crippen LogP contribution is -2.17. The second-order valence-electron chi connectivity index (χ2n) is 6.12. The zero-order valence-electron chi connectivity index (χ0n) is 14.3. The van der Waals surface area contributed by atoms with Gasteiger partial charge in [-0.25, -0.2) is 9.37 Å². The van der Waals surface area contributed by atoms with Crippen LogP contribution in [-0.2, 0) is 6.54 Å². The number of H-pyrrole nitrogens is 1. The number of fused-ring (bicyclic) bond motifs is 1. The first kappa shape index (κ1) is 17.2. The molecule has 6 nitrogen and oxygen atoms in total. The van der Waals surface area contributed by atoms with Crippen molar-refractivity contribution in [1.82, 2.24) is 19.6 Å². The number of benzene rings is 2. The van der Waals surface area contributed by atoms with E-state index in [1.807, 2.05) is 25.1 Å². The maximum Gasteiger partial charge on any atom is 0.274 e. The van der Waals surface area contributed by atoms with E-state index in [2.05, 4.69) is 20.4 Å². The molecule has 136 valence electrons. The van der Waals surface area contributed by atoms with Gasteiger partial charge in [0, 0.05) is 22.3 Å². The summed E-state index contributed by atoms with van der Waals surface area (Å²) in [6, 6.07) is 12.9. The first-order chi connectivity index (χ1) is 13.0. The second kappa shape index (κ2) is 6.85. The van der Waals surface area contributed by atoms with Crippen molar-refractivity contribution in [3.63, 3.8) is 0 Å². The Labute approximate surface area is 158 Å². The Morgan fingerprint density at radius 2 is 1.93 bits per heavy atom. The summed E-state index contributed by atoms with van der Waals surface area (Å²) in [5, 5.41) is 6.74. The van der Waals surface area contributed by atoms with Crippen molar-refractivity contribution in [2.45, 2.75) is 13.5 Å². The van der Waals surface area contributed by atoms with Gasteiger partial charge in [-0.3, -0.25) is 9.89 Å². The number of aromatic amines is 1. The highest BCUT2D eigenvalue weighted by Gasteiger charge is 2.10. The number of hydrogen-bond donors (Lipinski definition) is 2. The Balaban J connectivity index is 1.62. The van der Waals surface area contributed by atoms with E-state index in [1.165, 1.54) is 22.7 Å². The molecule has 0 spiro atoms. The predicted molar refractivity (Wildman–Crippen MR) is 103 cm³/mol. The second-order valence-corrected chi connectivity index (χ2v) is 6.52. The molecular weight excluding hydrogens is 369 g/mol. The van der Waals surface area contributed by atoms with Crippen LogP contribution < -0.4 is 10.9 Å². The van der Waals surface area contributed by atoms with Crippen LogP contribution in [0.15, 0.2) is 53.3 Å². The number of nitrogens with zero attached hydrogens (tertiary/aromatic N) is 3. The molecule has 0 amide bonds. The zero-order chi connectivity index (χ0) is 19.0. The van der Waals surface area contributed by atoms with Crippen molar-refractivity contribution >= 4 is 23.1 Å². The Kier molecular flexibility index (Phi) is 4.37. The normalized spacial score (nSPS) is 11.1. The molecule has 0 aliphatic rings. The smallest absolute Gasteiger partial charge is 0.274 e. The van der Waals surface area contributed by atoms with Crippen LogP contribution in [-0.4, -0.2) is 19.6 Å². The number of anilines is 1. The molecule has 8 heteroatoms. The van der Waals surface area contributed by atoms with E-state index in [0.29, 0.717) is 28.6 Å². The van der Waals surface area contributed by atoms with Gasteiger partial charge in [0.25, 0.3) is 11.3 Å². The van der Waals surface area contributed by atoms with Gasteiger partial charge >= 0.3 is 0 Å². The molecular formula is C19H15ClFN5O. The molecule has 0 aliphatic carbocycles. The van der Waals surface area contributed by atoms with Crippen molar-refractivity contribution in [3.8, 4) is 11.4 Å². The highest BCUT2D eigenvalue weighted by atomic mass is 35.5. The van der Waals surface area contributed by atoms with Crippen LogP contribution in [0.3, 0.4) is 0 Å². The Morgan fingerprint density at radius 3 is 2.67 bits per heavy atom. The third-order valence-corrected chi connectivity index (χ3v) is 4.55. The number of halogens is 2. The van der Waals surface area contributed by atoms with E-state index in [-0.39, 0.29) is 17.2 Å². The molecule has 4 rings (SSSR count). The van der Waals surface area contributed by atoms with Gasteiger partial charge in [-0.05, 0) is 48.9 Å². The van der Waals surface area contributed by atoms with Crippen molar-refractivity contribution in [2.75, 3.05) is 5.32 Å². The van der Waals surface area contributed by atoms with Gasteiger partial charge in [-0.2, -0.15) is 9.50 Å². The minimum Gasteiger partial charge on any atom is -0.379 e. The van der Waals surface area contributed by atoms with Crippen molar-refractivity contribution in [3.05, 3.63) is 81.0 Å². The summed E-state index contributed by atoms with van der Waals surface area (Å²) in [7, 11) is 0. The monoisotopic (exact) mass is 383 g/mol. The summed E-state index contributed by atoms with van der Waals surface area (Å²) in [6.07, 6.45) is 0. The third kappa shape index (κ3) is 3.54. The number of nitrogens with one attached hydrogen (secondary N) is 2. The molecule has 0 atom stereocenters. The lowest BCUT2D eigenvalue weighted by molar-refractivity contribution is 0.628. The fourth-order valence-corrected chi connectivity index (χ4v) is 2.83. The van der Waals surface area contributed by atoms with Crippen molar-refractivity contribution < 1.29 is 4.39 Å². The summed E-state index contributed by atoms with van der Waals surface area (Å²) in [6.45, 7) is 2.28. The topological polar surface area (TPSA) is 75.1 Å². The zero-order valence-corrected chi connectivity index (χ0v) is 15.1. The molecule has 2 heterocycles. The molecule has 0 fully saturated rings.